The van der Waals surface area contributed by atoms with Crippen LogP contribution in [0.5, 0.6) is 5.75 Å². The molecule has 9 heteroatoms. The average molecular weight is 373 g/mol. The Morgan fingerprint density at radius 3 is 2.56 bits per heavy atom. The van der Waals surface area contributed by atoms with Gasteiger partial charge < -0.3 is 9.64 Å². The van der Waals surface area contributed by atoms with Crippen LogP contribution in [0.1, 0.15) is 23.7 Å². The summed E-state index contributed by atoms with van der Waals surface area (Å²) in [6.45, 7) is 3.34. The molecule has 0 atom stereocenters. The molecule has 0 spiro atoms. The molecule has 1 aromatic carbocycles. The first-order valence-corrected chi connectivity index (χ1v) is 9.56. The first-order valence-electron chi connectivity index (χ1n) is 8.16. The molecule has 1 heterocycles. The molecule has 0 aromatic heterocycles. The Morgan fingerprint density at radius 2 is 1.96 bits per heavy atom. The molecule has 1 fully saturated rings. The lowest BCUT2D eigenvalue weighted by atomic mass is 10.1. The molecule has 1 saturated heterocycles. The monoisotopic (exact) mass is 373 g/mol. The van der Waals surface area contributed by atoms with Crippen LogP contribution in [0.15, 0.2) is 18.2 Å². The summed E-state index contributed by atoms with van der Waals surface area (Å²) in [6, 6.07) is 4.12. The van der Waals surface area contributed by atoms with Gasteiger partial charge in [0.05, 0.1) is 6.61 Å². The predicted octanol–water partition coefficient (Wildman–Crippen LogP) is 1.18. The minimum Gasteiger partial charge on any atom is -0.491 e. The van der Waals surface area contributed by atoms with Crippen molar-refractivity contribution < 1.29 is 22.3 Å². The smallest absolute Gasteiger partial charge is 0.281 e. The molecule has 1 aromatic rings. The molecule has 1 aliphatic heterocycles. The maximum absolute atomic E-state index is 14.0. The Labute approximate surface area is 148 Å². The number of halogens is 1. The van der Waals surface area contributed by atoms with Crippen LogP contribution in [0.3, 0.4) is 0 Å². The highest BCUT2D eigenvalue weighted by Crippen LogP contribution is 2.20. The number of rotatable bonds is 5. The molecule has 25 heavy (non-hydrogen) atoms. The largest absolute Gasteiger partial charge is 0.491 e. The van der Waals surface area contributed by atoms with Crippen molar-refractivity contribution in [2.45, 2.75) is 13.3 Å². The van der Waals surface area contributed by atoms with Crippen LogP contribution < -0.4 is 4.74 Å². The predicted molar refractivity (Wildman–Crippen MR) is 92.3 cm³/mol. The van der Waals surface area contributed by atoms with E-state index < -0.39 is 16.0 Å². The number of hydrogen-bond acceptors (Lipinski definition) is 4. The minimum atomic E-state index is -3.50. The van der Waals surface area contributed by atoms with E-state index >= 15 is 0 Å². The van der Waals surface area contributed by atoms with Gasteiger partial charge in [0.15, 0.2) is 11.6 Å². The van der Waals surface area contributed by atoms with Crippen molar-refractivity contribution in [3.8, 4) is 5.75 Å². The fourth-order valence-corrected chi connectivity index (χ4v) is 3.78. The lowest BCUT2D eigenvalue weighted by Crippen LogP contribution is -2.42. The number of carbonyl (C=O) groups excluding carboxylic acids is 1. The third-order valence-corrected chi connectivity index (χ3v) is 5.95. The third kappa shape index (κ3) is 4.47. The maximum Gasteiger partial charge on any atom is 0.281 e. The lowest BCUT2D eigenvalue weighted by molar-refractivity contribution is 0.0763. The van der Waals surface area contributed by atoms with Gasteiger partial charge in [-0.05, 0) is 31.5 Å². The van der Waals surface area contributed by atoms with Gasteiger partial charge in [0.1, 0.15) is 0 Å². The van der Waals surface area contributed by atoms with Gasteiger partial charge in [0.25, 0.3) is 16.1 Å². The molecule has 1 amide bonds. The molecule has 0 bridgehead atoms. The fourth-order valence-electron chi connectivity index (χ4n) is 2.65. The second-order valence-corrected chi connectivity index (χ2v) is 8.06. The summed E-state index contributed by atoms with van der Waals surface area (Å²) < 4.78 is 46.0. The van der Waals surface area contributed by atoms with Gasteiger partial charge in [-0.25, -0.2) is 4.39 Å². The zero-order valence-corrected chi connectivity index (χ0v) is 15.6. The molecule has 1 aliphatic rings. The topological polar surface area (TPSA) is 70.2 Å². The zero-order chi connectivity index (χ0) is 18.6. The van der Waals surface area contributed by atoms with Crippen molar-refractivity contribution in [2.24, 2.45) is 0 Å². The second-order valence-electron chi connectivity index (χ2n) is 5.91. The number of carbonyl (C=O) groups is 1. The number of benzene rings is 1. The van der Waals surface area contributed by atoms with Crippen LogP contribution in [0.4, 0.5) is 4.39 Å². The van der Waals surface area contributed by atoms with Gasteiger partial charge >= 0.3 is 0 Å². The van der Waals surface area contributed by atoms with E-state index in [1.807, 2.05) is 0 Å². The van der Waals surface area contributed by atoms with Crippen LogP contribution in [0.25, 0.3) is 0 Å². The highest BCUT2D eigenvalue weighted by atomic mass is 32.2. The Bertz CT molecular complexity index is 724. The SMILES string of the molecule is CCOc1ccc(C(=O)N2CCCN(S(=O)(=O)N(C)C)CC2)cc1F. The first-order chi connectivity index (χ1) is 11.8. The molecule has 140 valence electrons. The Hall–Kier alpha value is -1.71. The average Bonchev–Trinajstić information content (AvgIpc) is 2.82. The molecular formula is C16H24FN3O4S. The van der Waals surface area contributed by atoms with E-state index in [2.05, 4.69) is 0 Å². The van der Waals surface area contributed by atoms with Gasteiger partial charge in [-0.3, -0.25) is 4.79 Å². The van der Waals surface area contributed by atoms with E-state index in [1.165, 1.54) is 30.5 Å². The molecule has 0 aliphatic carbocycles. The Morgan fingerprint density at radius 1 is 1.24 bits per heavy atom. The van der Waals surface area contributed by atoms with Crippen LogP contribution in [-0.4, -0.2) is 74.7 Å². The van der Waals surface area contributed by atoms with E-state index in [1.54, 1.807) is 11.8 Å². The van der Waals surface area contributed by atoms with Gasteiger partial charge in [-0.2, -0.15) is 17.0 Å². The summed E-state index contributed by atoms with van der Waals surface area (Å²) in [5.74, 6) is -0.788. The van der Waals surface area contributed by atoms with Crippen molar-refractivity contribution in [3.63, 3.8) is 0 Å². The van der Waals surface area contributed by atoms with Crippen molar-refractivity contribution >= 4 is 16.1 Å². The molecular weight excluding hydrogens is 349 g/mol. The van der Waals surface area contributed by atoms with Crippen LogP contribution >= 0.6 is 0 Å². The van der Waals surface area contributed by atoms with E-state index in [0.29, 0.717) is 26.1 Å². The molecule has 0 radical (unpaired) electrons. The number of hydrogen-bond donors (Lipinski definition) is 0. The second kappa shape index (κ2) is 8.11. The zero-order valence-electron chi connectivity index (χ0n) is 14.7. The van der Waals surface area contributed by atoms with E-state index in [9.17, 15) is 17.6 Å². The molecule has 0 unspecified atom stereocenters. The highest BCUT2D eigenvalue weighted by Gasteiger charge is 2.28. The summed E-state index contributed by atoms with van der Waals surface area (Å²) in [5.41, 5.74) is 0.227. The molecule has 0 N–H and O–H groups in total. The number of amides is 1. The summed E-state index contributed by atoms with van der Waals surface area (Å²) in [7, 11) is -0.547. The first kappa shape index (κ1) is 19.6. The van der Waals surface area contributed by atoms with Gasteiger partial charge in [0, 0.05) is 45.8 Å². The molecule has 0 saturated carbocycles. The van der Waals surface area contributed by atoms with E-state index in [4.69, 9.17) is 4.74 Å². The van der Waals surface area contributed by atoms with Crippen molar-refractivity contribution in [1.82, 2.24) is 13.5 Å². The Kier molecular flexibility index (Phi) is 6.36. The summed E-state index contributed by atoms with van der Waals surface area (Å²) in [4.78, 5) is 14.2. The maximum atomic E-state index is 14.0. The fraction of sp³-hybridized carbons (Fsp3) is 0.562. The molecule has 2 rings (SSSR count). The minimum absolute atomic E-state index is 0.109. The van der Waals surface area contributed by atoms with Gasteiger partial charge in [0.2, 0.25) is 0 Å². The number of ether oxygens (including phenoxy) is 1. The Balaban J connectivity index is 2.10. The summed E-state index contributed by atoms with van der Waals surface area (Å²) in [6.07, 6.45) is 0.526. The van der Waals surface area contributed by atoms with Crippen LogP contribution in [-0.2, 0) is 10.2 Å². The van der Waals surface area contributed by atoms with Crippen LogP contribution in [0, 0.1) is 5.82 Å². The van der Waals surface area contributed by atoms with Gasteiger partial charge in [-0.15, -0.1) is 0 Å². The summed E-state index contributed by atoms with van der Waals surface area (Å²) in [5, 5.41) is 0. The third-order valence-electron chi connectivity index (χ3n) is 4.01. The van der Waals surface area contributed by atoms with Crippen molar-refractivity contribution in [2.75, 3.05) is 46.9 Å². The normalized spacial score (nSPS) is 16.8. The van der Waals surface area contributed by atoms with E-state index in [0.717, 1.165) is 10.4 Å². The van der Waals surface area contributed by atoms with Crippen LogP contribution in [0.2, 0.25) is 0 Å². The quantitative estimate of drug-likeness (QED) is 0.777. The highest BCUT2D eigenvalue weighted by molar-refractivity contribution is 7.86. The van der Waals surface area contributed by atoms with Gasteiger partial charge in [-0.1, -0.05) is 0 Å². The lowest BCUT2D eigenvalue weighted by Gasteiger charge is -2.24. The summed E-state index contributed by atoms with van der Waals surface area (Å²) >= 11 is 0. The van der Waals surface area contributed by atoms with Crippen molar-refractivity contribution in [3.05, 3.63) is 29.6 Å². The van der Waals surface area contributed by atoms with Crippen molar-refractivity contribution in [1.29, 1.82) is 0 Å². The molecule has 7 nitrogen and oxygen atoms in total. The number of nitrogens with zero attached hydrogens (tertiary/aromatic N) is 3. The standard InChI is InChI=1S/C16H24FN3O4S/c1-4-24-15-7-6-13(12-14(15)17)16(21)19-8-5-9-20(11-10-19)25(22,23)18(2)3/h6-7,12H,4-5,8-11H2,1-3H3. The van der Waals surface area contributed by atoms with E-state index in [-0.39, 0.29) is 30.3 Å².